The van der Waals surface area contributed by atoms with E-state index in [9.17, 15) is 14.0 Å². The van der Waals surface area contributed by atoms with Gasteiger partial charge in [-0.25, -0.2) is 9.18 Å². The van der Waals surface area contributed by atoms with Gasteiger partial charge in [-0.3, -0.25) is 9.69 Å². The van der Waals surface area contributed by atoms with Crippen LogP contribution in [0.15, 0.2) is 18.2 Å². The van der Waals surface area contributed by atoms with E-state index < -0.39 is 11.8 Å². The number of hydrogen-bond donors (Lipinski definition) is 0. The van der Waals surface area contributed by atoms with Crippen molar-refractivity contribution < 1.29 is 18.7 Å². The summed E-state index contributed by atoms with van der Waals surface area (Å²) in [6.07, 6.45) is 0.894. The number of benzene rings is 1. The zero-order valence-electron chi connectivity index (χ0n) is 12.3. The largest absolute Gasteiger partial charge is 0.465 e. The van der Waals surface area contributed by atoms with Crippen molar-refractivity contribution in [3.8, 4) is 0 Å². The molecule has 6 heteroatoms. The number of esters is 1. The molecule has 0 bridgehead atoms. The maximum absolute atomic E-state index is 13.9. The summed E-state index contributed by atoms with van der Waals surface area (Å²) in [6.45, 7) is 2.34. The molecule has 1 heterocycles. The zero-order chi connectivity index (χ0) is 15.4. The van der Waals surface area contributed by atoms with E-state index in [1.54, 1.807) is 18.0 Å². The van der Waals surface area contributed by atoms with Crippen LogP contribution in [0, 0.1) is 5.82 Å². The minimum atomic E-state index is -0.689. The Hall–Kier alpha value is -1.95. The normalized spacial score (nSPS) is 16.7. The van der Waals surface area contributed by atoms with Crippen LogP contribution in [0.1, 0.15) is 22.3 Å². The molecule has 114 valence electrons. The first kappa shape index (κ1) is 15.4. The Balaban J connectivity index is 2.07. The number of carbonyl (C=O) groups excluding carboxylic acids is 2. The van der Waals surface area contributed by atoms with E-state index in [-0.39, 0.29) is 11.5 Å². The van der Waals surface area contributed by atoms with E-state index >= 15 is 0 Å². The molecule has 0 saturated carbocycles. The average Bonchev–Trinajstić information content (AvgIpc) is 2.60. The van der Waals surface area contributed by atoms with Gasteiger partial charge < -0.3 is 9.64 Å². The second-order valence-corrected chi connectivity index (χ2v) is 5.19. The van der Waals surface area contributed by atoms with Gasteiger partial charge in [0.1, 0.15) is 5.82 Å². The van der Waals surface area contributed by atoms with Gasteiger partial charge in [0.15, 0.2) is 0 Å². The number of ether oxygens (including phenoxy) is 1. The molecule has 1 aliphatic rings. The Labute approximate surface area is 123 Å². The number of methoxy groups -OCH3 is 1. The Bertz CT molecular complexity index is 548. The van der Waals surface area contributed by atoms with E-state index in [1.165, 1.54) is 19.2 Å². The molecule has 5 nitrogen and oxygen atoms in total. The second kappa shape index (κ2) is 6.67. The predicted molar refractivity (Wildman–Crippen MR) is 75.3 cm³/mol. The summed E-state index contributed by atoms with van der Waals surface area (Å²) in [7, 11) is 3.01. The molecule has 0 radical (unpaired) electrons. The standard InChI is InChI=1S/C15H19FN2O3/c1-17-6-3-7-18(10-14(17)19)9-11-4-5-12(13(16)8-11)15(20)21-2/h4-5,8H,3,6-7,9-10H2,1-2H3. The molecule has 0 aliphatic carbocycles. The van der Waals surface area contributed by atoms with Crippen LogP contribution < -0.4 is 0 Å². The summed E-state index contributed by atoms with van der Waals surface area (Å²) in [4.78, 5) is 26.8. The molecule has 0 N–H and O–H groups in total. The fourth-order valence-electron chi connectivity index (χ4n) is 2.37. The molecule has 0 unspecified atom stereocenters. The molecule has 0 atom stereocenters. The average molecular weight is 294 g/mol. The van der Waals surface area contributed by atoms with Gasteiger partial charge in [-0.1, -0.05) is 6.07 Å². The van der Waals surface area contributed by atoms with E-state index in [0.29, 0.717) is 13.1 Å². The molecule has 2 rings (SSSR count). The number of rotatable bonds is 3. The lowest BCUT2D eigenvalue weighted by Gasteiger charge is -2.19. The van der Waals surface area contributed by atoms with Gasteiger partial charge in [-0.15, -0.1) is 0 Å². The number of halogens is 1. The molecule has 1 fully saturated rings. The van der Waals surface area contributed by atoms with Crippen LogP contribution in [-0.2, 0) is 16.1 Å². The number of hydrogen-bond acceptors (Lipinski definition) is 4. The first-order chi connectivity index (χ1) is 10.0. The quantitative estimate of drug-likeness (QED) is 0.788. The van der Waals surface area contributed by atoms with Crippen molar-refractivity contribution in [2.75, 3.05) is 33.8 Å². The molecule has 1 amide bonds. The first-order valence-corrected chi connectivity index (χ1v) is 6.84. The van der Waals surface area contributed by atoms with E-state index in [2.05, 4.69) is 4.74 Å². The molecule has 1 aliphatic heterocycles. The molecule has 0 aromatic heterocycles. The van der Waals surface area contributed by atoms with Crippen molar-refractivity contribution >= 4 is 11.9 Å². The highest BCUT2D eigenvalue weighted by atomic mass is 19.1. The fourth-order valence-corrected chi connectivity index (χ4v) is 2.37. The minimum Gasteiger partial charge on any atom is -0.465 e. The van der Waals surface area contributed by atoms with E-state index in [1.807, 2.05) is 4.90 Å². The molecule has 0 spiro atoms. The Morgan fingerprint density at radius 2 is 2.14 bits per heavy atom. The van der Waals surface area contributed by atoms with Crippen LogP contribution in [0.2, 0.25) is 0 Å². The Morgan fingerprint density at radius 1 is 1.38 bits per heavy atom. The number of likely N-dealkylation sites (N-methyl/N-ethyl adjacent to an activating group) is 1. The number of nitrogens with zero attached hydrogens (tertiary/aromatic N) is 2. The summed E-state index contributed by atoms with van der Waals surface area (Å²) < 4.78 is 18.4. The fraction of sp³-hybridized carbons (Fsp3) is 0.467. The van der Waals surface area contributed by atoms with Crippen molar-refractivity contribution in [1.29, 1.82) is 0 Å². The Kier molecular flexibility index (Phi) is 4.90. The molecular formula is C15H19FN2O3. The van der Waals surface area contributed by atoms with Crippen LogP contribution in [-0.4, -0.2) is 55.5 Å². The number of amides is 1. The lowest BCUT2D eigenvalue weighted by Crippen LogP contribution is -2.34. The van der Waals surface area contributed by atoms with Crippen molar-refractivity contribution in [1.82, 2.24) is 9.80 Å². The zero-order valence-corrected chi connectivity index (χ0v) is 12.3. The third-order valence-electron chi connectivity index (χ3n) is 3.60. The third kappa shape index (κ3) is 3.78. The lowest BCUT2D eigenvalue weighted by molar-refractivity contribution is -0.130. The van der Waals surface area contributed by atoms with E-state index in [4.69, 9.17) is 0 Å². The van der Waals surface area contributed by atoms with Crippen LogP contribution in [0.25, 0.3) is 0 Å². The van der Waals surface area contributed by atoms with Crippen molar-refractivity contribution in [3.05, 3.63) is 35.1 Å². The predicted octanol–water partition coefficient (Wildman–Crippen LogP) is 1.28. The Morgan fingerprint density at radius 3 is 2.81 bits per heavy atom. The monoisotopic (exact) mass is 294 g/mol. The van der Waals surface area contributed by atoms with Gasteiger partial charge in [-0.2, -0.15) is 0 Å². The summed E-state index contributed by atoms with van der Waals surface area (Å²) in [5.41, 5.74) is 0.658. The topological polar surface area (TPSA) is 49.9 Å². The lowest BCUT2D eigenvalue weighted by atomic mass is 10.1. The summed E-state index contributed by atoms with van der Waals surface area (Å²) in [6, 6.07) is 4.43. The first-order valence-electron chi connectivity index (χ1n) is 6.84. The van der Waals surface area contributed by atoms with Crippen molar-refractivity contribution in [2.24, 2.45) is 0 Å². The molecular weight excluding hydrogens is 275 g/mol. The molecule has 21 heavy (non-hydrogen) atoms. The maximum atomic E-state index is 13.9. The van der Waals surface area contributed by atoms with Gasteiger partial charge in [0.25, 0.3) is 0 Å². The third-order valence-corrected chi connectivity index (χ3v) is 3.60. The van der Waals surface area contributed by atoms with Crippen molar-refractivity contribution in [2.45, 2.75) is 13.0 Å². The van der Waals surface area contributed by atoms with Crippen LogP contribution >= 0.6 is 0 Å². The molecule has 1 aromatic carbocycles. The van der Waals surface area contributed by atoms with Crippen molar-refractivity contribution in [3.63, 3.8) is 0 Å². The number of carbonyl (C=O) groups is 2. The highest BCUT2D eigenvalue weighted by molar-refractivity contribution is 5.89. The SMILES string of the molecule is COC(=O)c1ccc(CN2CCCN(C)C(=O)C2)cc1F. The van der Waals surface area contributed by atoms with Gasteiger partial charge in [0.05, 0.1) is 19.2 Å². The molecule has 1 aromatic rings. The molecule has 1 saturated heterocycles. The summed E-state index contributed by atoms with van der Waals surface area (Å²) in [5, 5.41) is 0. The van der Waals surface area contributed by atoms with Gasteiger partial charge in [-0.05, 0) is 24.1 Å². The van der Waals surface area contributed by atoms with Crippen LogP contribution in [0.4, 0.5) is 4.39 Å². The summed E-state index contributed by atoms with van der Waals surface area (Å²) >= 11 is 0. The minimum absolute atomic E-state index is 0.0687. The van der Waals surface area contributed by atoms with Gasteiger partial charge in [0.2, 0.25) is 5.91 Å². The maximum Gasteiger partial charge on any atom is 0.340 e. The van der Waals surface area contributed by atoms with Gasteiger partial charge in [0, 0.05) is 26.7 Å². The highest BCUT2D eigenvalue weighted by Crippen LogP contribution is 2.14. The summed E-state index contributed by atoms with van der Waals surface area (Å²) in [5.74, 6) is -1.22. The van der Waals surface area contributed by atoms with Crippen LogP contribution in [0.5, 0.6) is 0 Å². The highest BCUT2D eigenvalue weighted by Gasteiger charge is 2.19. The second-order valence-electron chi connectivity index (χ2n) is 5.19. The van der Waals surface area contributed by atoms with Gasteiger partial charge >= 0.3 is 5.97 Å². The van der Waals surface area contributed by atoms with Crippen LogP contribution in [0.3, 0.4) is 0 Å². The smallest absolute Gasteiger partial charge is 0.340 e. The van der Waals surface area contributed by atoms with E-state index in [0.717, 1.165) is 25.1 Å².